The number of halogens is 1. The van der Waals surface area contributed by atoms with Crippen LogP contribution in [0.3, 0.4) is 0 Å². The maximum Gasteiger partial charge on any atom is 0.209 e. The molecule has 2 aliphatic heterocycles. The number of para-hydroxylation sites is 2. The lowest BCUT2D eigenvalue weighted by molar-refractivity contribution is -0.401. The summed E-state index contributed by atoms with van der Waals surface area (Å²) in [6, 6.07) is 17.3. The van der Waals surface area contributed by atoms with Crippen molar-refractivity contribution in [3.63, 3.8) is 0 Å². The van der Waals surface area contributed by atoms with Gasteiger partial charge in [0.2, 0.25) is 5.69 Å². The van der Waals surface area contributed by atoms with Crippen LogP contribution in [0.4, 0.5) is 11.4 Å². The first kappa shape index (κ1) is 34.0. The molecule has 5 nitrogen and oxygen atoms in total. The molecule has 0 saturated heterocycles. The van der Waals surface area contributed by atoms with Crippen molar-refractivity contribution in [3.8, 4) is 0 Å². The number of ketones is 1. The van der Waals surface area contributed by atoms with E-state index in [9.17, 15) is 13.2 Å². The lowest BCUT2D eigenvalue weighted by Gasteiger charge is -2.27. The number of benzene rings is 2. The number of nitrogens with zero attached hydrogens (tertiary/aromatic N) is 2. The fourth-order valence-corrected chi connectivity index (χ4v) is 7.08. The SMILES string of the molecule is C=CS(=O)(=O)CCCC(=O)CCCCCN1/C(=C/C=C/C2=[N+](C)c3ccccc3C2(C)C)C(C)(C)c2ccccc21.[I-]. The normalized spacial score (nSPS) is 17.8. The Kier molecular flexibility index (Phi) is 11.2. The molecule has 4 rings (SSSR count). The minimum Gasteiger partial charge on any atom is -1.00 e. The van der Waals surface area contributed by atoms with Crippen LogP contribution in [0.5, 0.6) is 0 Å². The van der Waals surface area contributed by atoms with E-state index in [1.54, 1.807) is 0 Å². The van der Waals surface area contributed by atoms with Crippen LogP contribution in [-0.4, -0.2) is 43.8 Å². The van der Waals surface area contributed by atoms with E-state index in [4.69, 9.17) is 0 Å². The molecule has 0 unspecified atom stereocenters. The van der Waals surface area contributed by atoms with Crippen LogP contribution in [0.1, 0.15) is 77.3 Å². The number of allylic oxidation sites excluding steroid dienone is 4. The van der Waals surface area contributed by atoms with Crippen LogP contribution < -0.4 is 28.9 Å². The summed E-state index contributed by atoms with van der Waals surface area (Å²) in [7, 11) is -1.08. The van der Waals surface area contributed by atoms with Gasteiger partial charge in [-0.2, -0.15) is 4.58 Å². The van der Waals surface area contributed by atoms with E-state index in [0.717, 1.165) is 31.2 Å². The molecule has 0 saturated carbocycles. The van der Waals surface area contributed by atoms with Gasteiger partial charge in [0.25, 0.3) is 0 Å². The summed E-state index contributed by atoms with van der Waals surface area (Å²) in [5.74, 6) is 0.137. The molecule has 0 radical (unpaired) electrons. The van der Waals surface area contributed by atoms with Gasteiger partial charge >= 0.3 is 0 Å². The van der Waals surface area contributed by atoms with Crippen molar-refractivity contribution in [2.75, 3.05) is 24.2 Å². The first-order valence-electron chi connectivity index (χ1n) is 14.7. The topological polar surface area (TPSA) is 57.5 Å². The highest BCUT2D eigenvalue weighted by molar-refractivity contribution is 7.94. The number of rotatable bonds is 13. The van der Waals surface area contributed by atoms with Gasteiger partial charge < -0.3 is 28.9 Å². The summed E-state index contributed by atoms with van der Waals surface area (Å²) in [6.07, 6.45) is 10.7. The summed E-state index contributed by atoms with van der Waals surface area (Å²) < 4.78 is 25.4. The number of Topliss-reactive ketones (excluding diaryl/α,β-unsaturated/α-hetero) is 1. The third-order valence-corrected chi connectivity index (χ3v) is 10.1. The average molecular weight is 701 g/mol. The summed E-state index contributed by atoms with van der Waals surface area (Å²) in [5, 5.41) is 0.972. The van der Waals surface area contributed by atoms with Gasteiger partial charge in [-0.05, 0) is 50.8 Å². The van der Waals surface area contributed by atoms with Crippen molar-refractivity contribution in [1.82, 2.24) is 0 Å². The first-order valence-corrected chi connectivity index (χ1v) is 16.4. The highest BCUT2D eigenvalue weighted by Gasteiger charge is 2.43. The van der Waals surface area contributed by atoms with Crippen molar-refractivity contribution in [3.05, 3.63) is 95.6 Å². The molecule has 0 fully saturated rings. The minimum atomic E-state index is -3.23. The molecule has 0 atom stereocenters. The molecule has 2 heterocycles. The number of fused-ring (bicyclic) bond motifs is 2. The van der Waals surface area contributed by atoms with Crippen LogP contribution in [0.25, 0.3) is 0 Å². The van der Waals surface area contributed by atoms with Crippen LogP contribution in [0.15, 0.2) is 84.4 Å². The van der Waals surface area contributed by atoms with Gasteiger partial charge in [0.1, 0.15) is 12.8 Å². The van der Waals surface area contributed by atoms with Crippen molar-refractivity contribution >= 4 is 32.7 Å². The zero-order valence-electron chi connectivity index (χ0n) is 25.7. The molecule has 7 heteroatoms. The second-order valence-corrected chi connectivity index (χ2v) is 14.3. The van der Waals surface area contributed by atoms with E-state index in [1.165, 1.54) is 33.9 Å². The molecule has 0 aliphatic carbocycles. The molecule has 0 bridgehead atoms. The number of unbranched alkanes of at least 4 members (excludes halogenated alkanes) is 2. The highest BCUT2D eigenvalue weighted by Crippen LogP contribution is 2.47. The monoisotopic (exact) mass is 700 g/mol. The van der Waals surface area contributed by atoms with E-state index >= 15 is 0 Å². The standard InChI is InChI=1S/C35H45N2O3S.HI/c1-7-41(39,40)26-16-18-27(38)17-9-8-14-25-37-31-22-13-11-20-29(31)35(4,5)33(37)24-15-23-32-34(2,3)28-19-10-12-21-30(28)36(32)6;/h7,10-13,15,19-24H,1,8-9,14,16-18,25-26H2,2-6H3;1H/q+1;/p-1. The lowest BCUT2D eigenvalue weighted by Crippen LogP contribution is -3.00. The van der Waals surface area contributed by atoms with Gasteiger partial charge in [-0.25, -0.2) is 8.42 Å². The maximum absolute atomic E-state index is 12.3. The Labute approximate surface area is 270 Å². The smallest absolute Gasteiger partial charge is 0.209 e. The molecule has 0 N–H and O–H groups in total. The number of carbonyl (C=O) groups is 1. The quantitative estimate of drug-likeness (QED) is 0.177. The van der Waals surface area contributed by atoms with Crippen LogP contribution in [0.2, 0.25) is 0 Å². The zero-order valence-corrected chi connectivity index (χ0v) is 28.7. The molecule has 2 aromatic carbocycles. The third-order valence-electron chi connectivity index (χ3n) is 8.72. The number of anilines is 1. The number of carbonyl (C=O) groups excluding carboxylic acids is 1. The Hall–Kier alpha value is -2.52. The van der Waals surface area contributed by atoms with Gasteiger partial charge in [0.05, 0.1) is 11.2 Å². The Balaban J connectivity index is 0.00000484. The van der Waals surface area contributed by atoms with E-state index in [0.29, 0.717) is 19.3 Å². The summed E-state index contributed by atoms with van der Waals surface area (Å²) in [6.45, 7) is 13.4. The molecule has 0 spiro atoms. The Morgan fingerprint density at radius 1 is 0.905 bits per heavy atom. The van der Waals surface area contributed by atoms with Gasteiger partial charge in [0.15, 0.2) is 15.5 Å². The van der Waals surface area contributed by atoms with Gasteiger partial charge in [-0.3, -0.25) is 4.79 Å². The molecule has 2 aromatic rings. The lowest BCUT2D eigenvalue weighted by atomic mass is 9.81. The van der Waals surface area contributed by atoms with E-state index < -0.39 is 9.84 Å². The van der Waals surface area contributed by atoms with Crippen molar-refractivity contribution in [2.24, 2.45) is 0 Å². The Morgan fingerprint density at radius 3 is 2.24 bits per heavy atom. The molecule has 0 amide bonds. The van der Waals surface area contributed by atoms with E-state index in [1.807, 2.05) is 0 Å². The second kappa shape index (κ2) is 13.8. The summed E-state index contributed by atoms with van der Waals surface area (Å²) in [4.78, 5) is 14.7. The maximum atomic E-state index is 12.3. The first-order chi connectivity index (χ1) is 19.4. The average Bonchev–Trinajstić information content (AvgIpc) is 3.27. The van der Waals surface area contributed by atoms with Crippen LogP contribution >= 0.6 is 0 Å². The molecular weight excluding hydrogens is 655 g/mol. The van der Waals surface area contributed by atoms with E-state index in [2.05, 4.69) is 118 Å². The van der Waals surface area contributed by atoms with Gasteiger partial charge in [0, 0.05) is 59.3 Å². The Morgan fingerprint density at radius 2 is 1.55 bits per heavy atom. The number of sulfone groups is 1. The van der Waals surface area contributed by atoms with Crippen molar-refractivity contribution in [2.45, 2.75) is 77.0 Å². The molecule has 2 aliphatic rings. The third kappa shape index (κ3) is 7.16. The predicted molar refractivity (Wildman–Crippen MR) is 171 cm³/mol. The number of hydrogen-bond donors (Lipinski definition) is 0. The van der Waals surface area contributed by atoms with Gasteiger partial charge in [-0.15, -0.1) is 0 Å². The fourth-order valence-electron chi connectivity index (χ4n) is 6.36. The van der Waals surface area contributed by atoms with Crippen molar-refractivity contribution in [1.29, 1.82) is 0 Å². The van der Waals surface area contributed by atoms with Crippen molar-refractivity contribution < 1.29 is 41.8 Å². The largest absolute Gasteiger partial charge is 1.00 e. The predicted octanol–water partition coefficient (Wildman–Crippen LogP) is 4.40. The molecule has 226 valence electrons. The molecule has 42 heavy (non-hydrogen) atoms. The van der Waals surface area contributed by atoms with Crippen LogP contribution in [-0.2, 0) is 25.5 Å². The van der Waals surface area contributed by atoms with Gasteiger partial charge in [-0.1, -0.05) is 69.3 Å². The molecule has 0 aromatic heterocycles. The molecular formula is C35H45IN2O3S. The summed E-state index contributed by atoms with van der Waals surface area (Å²) in [5.41, 5.74) is 7.59. The second-order valence-electron chi connectivity index (χ2n) is 12.3. The van der Waals surface area contributed by atoms with Crippen LogP contribution in [0, 0.1) is 0 Å². The highest BCUT2D eigenvalue weighted by atomic mass is 127. The fraction of sp³-hybridized carbons (Fsp3) is 0.429. The summed E-state index contributed by atoms with van der Waals surface area (Å²) >= 11 is 0. The Bertz CT molecular complexity index is 1520. The number of hydrogen-bond acceptors (Lipinski definition) is 4. The van der Waals surface area contributed by atoms with E-state index in [-0.39, 0.29) is 46.3 Å². The minimum absolute atomic E-state index is 0. The zero-order chi connectivity index (χ0) is 29.8.